The number of aliphatic imine (C=N–C) groups is 1. The average molecular weight is 226 g/mol. The number of rotatable bonds is 2. The van der Waals surface area contributed by atoms with Crippen molar-refractivity contribution in [2.24, 2.45) is 10.7 Å². The van der Waals surface area contributed by atoms with Crippen LogP contribution in [0, 0.1) is 0 Å². The molecular formula is C13H14N4. The number of para-hydroxylation sites is 1. The highest BCUT2D eigenvalue weighted by Crippen LogP contribution is 2.17. The van der Waals surface area contributed by atoms with E-state index in [2.05, 4.69) is 4.99 Å². The predicted molar refractivity (Wildman–Crippen MR) is 72.1 cm³/mol. The van der Waals surface area contributed by atoms with Gasteiger partial charge in [0.05, 0.1) is 17.1 Å². The quantitative estimate of drug-likeness (QED) is 0.415. The molecule has 6 N–H and O–H groups in total. The van der Waals surface area contributed by atoms with Crippen molar-refractivity contribution in [2.75, 3.05) is 11.5 Å². The number of amidine groups is 1. The first-order valence-electron chi connectivity index (χ1n) is 5.21. The van der Waals surface area contributed by atoms with Gasteiger partial charge in [-0.3, -0.25) is 0 Å². The molecule has 17 heavy (non-hydrogen) atoms. The highest BCUT2D eigenvalue weighted by Gasteiger charge is 2.01. The summed E-state index contributed by atoms with van der Waals surface area (Å²) in [6.07, 6.45) is 0. The van der Waals surface area contributed by atoms with Gasteiger partial charge in [0.1, 0.15) is 5.84 Å². The van der Waals surface area contributed by atoms with Crippen molar-refractivity contribution in [3.05, 3.63) is 54.1 Å². The summed E-state index contributed by atoms with van der Waals surface area (Å²) in [5.41, 5.74) is 19.9. The molecule has 0 aliphatic carbocycles. The Morgan fingerprint density at radius 1 is 0.882 bits per heavy atom. The normalized spacial score (nSPS) is 11.4. The van der Waals surface area contributed by atoms with Crippen molar-refractivity contribution < 1.29 is 0 Å². The van der Waals surface area contributed by atoms with E-state index in [1.165, 1.54) is 0 Å². The molecule has 0 fully saturated rings. The van der Waals surface area contributed by atoms with Crippen LogP contribution in [0.25, 0.3) is 0 Å². The van der Waals surface area contributed by atoms with Gasteiger partial charge in [-0.2, -0.15) is 0 Å². The van der Waals surface area contributed by atoms with Gasteiger partial charge in [0.25, 0.3) is 0 Å². The summed E-state index contributed by atoms with van der Waals surface area (Å²) in [6, 6.07) is 14.7. The molecular weight excluding hydrogens is 212 g/mol. The topological polar surface area (TPSA) is 90.4 Å². The lowest BCUT2D eigenvalue weighted by molar-refractivity contribution is 1.45. The second kappa shape index (κ2) is 4.57. The van der Waals surface area contributed by atoms with Crippen molar-refractivity contribution in [1.82, 2.24) is 0 Å². The van der Waals surface area contributed by atoms with E-state index in [0.717, 1.165) is 11.3 Å². The SMILES string of the molecule is NC(=Nc1ccccc1)c1ccc(N)c(N)c1. The van der Waals surface area contributed by atoms with E-state index >= 15 is 0 Å². The third-order valence-electron chi connectivity index (χ3n) is 2.39. The van der Waals surface area contributed by atoms with Gasteiger partial charge in [-0.15, -0.1) is 0 Å². The number of benzene rings is 2. The van der Waals surface area contributed by atoms with Crippen LogP contribution in [-0.2, 0) is 0 Å². The number of nitrogens with two attached hydrogens (primary N) is 3. The molecule has 2 rings (SSSR count). The Bertz CT molecular complexity index is 547. The third kappa shape index (κ3) is 2.55. The van der Waals surface area contributed by atoms with Crippen LogP contribution in [0.4, 0.5) is 17.1 Å². The number of anilines is 2. The Balaban J connectivity index is 2.34. The monoisotopic (exact) mass is 226 g/mol. The average Bonchev–Trinajstić information content (AvgIpc) is 2.34. The van der Waals surface area contributed by atoms with Crippen LogP contribution in [0.5, 0.6) is 0 Å². The number of nitrogens with zero attached hydrogens (tertiary/aromatic N) is 1. The molecule has 0 bridgehead atoms. The summed E-state index contributed by atoms with van der Waals surface area (Å²) in [4.78, 5) is 4.30. The van der Waals surface area contributed by atoms with E-state index < -0.39 is 0 Å². The summed E-state index contributed by atoms with van der Waals surface area (Å²) < 4.78 is 0. The Hall–Kier alpha value is -2.49. The fourth-order valence-corrected chi connectivity index (χ4v) is 1.44. The van der Waals surface area contributed by atoms with Crippen LogP contribution in [0.15, 0.2) is 53.5 Å². The zero-order valence-electron chi connectivity index (χ0n) is 9.30. The van der Waals surface area contributed by atoms with Gasteiger partial charge in [0.15, 0.2) is 0 Å². The van der Waals surface area contributed by atoms with Gasteiger partial charge >= 0.3 is 0 Å². The molecule has 0 aliphatic heterocycles. The van der Waals surface area contributed by atoms with Crippen LogP contribution in [0.2, 0.25) is 0 Å². The molecule has 0 atom stereocenters. The predicted octanol–water partition coefficient (Wildman–Crippen LogP) is 1.89. The lowest BCUT2D eigenvalue weighted by Gasteiger charge is -2.04. The zero-order valence-corrected chi connectivity index (χ0v) is 9.30. The maximum atomic E-state index is 5.90. The Morgan fingerprint density at radius 2 is 1.59 bits per heavy atom. The smallest absolute Gasteiger partial charge is 0.131 e. The van der Waals surface area contributed by atoms with Gasteiger partial charge in [-0.05, 0) is 30.3 Å². The molecule has 0 spiro atoms. The first-order valence-corrected chi connectivity index (χ1v) is 5.21. The number of hydrogen-bond donors (Lipinski definition) is 3. The minimum absolute atomic E-state index is 0.419. The molecule has 86 valence electrons. The Labute approximate surface area is 99.8 Å². The number of hydrogen-bond acceptors (Lipinski definition) is 3. The summed E-state index contributed by atoms with van der Waals surface area (Å²) >= 11 is 0. The molecule has 0 heterocycles. The van der Waals surface area contributed by atoms with Crippen LogP contribution in [-0.4, -0.2) is 5.84 Å². The third-order valence-corrected chi connectivity index (χ3v) is 2.39. The molecule has 0 saturated heterocycles. The summed E-state index contributed by atoms with van der Waals surface area (Å²) in [5.74, 6) is 0.419. The maximum Gasteiger partial charge on any atom is 0.131 e. The molecule has 0 unspecified atom stereocenters. The first kappa shape index (κ1) is 11.0. The molecule has 0 aliphatic rings. The van der Waals surface area contributed by atoms with E-state index in [1.54, 1.807) is 18.2 Å². The van der Waals surface area contributed by atoms with Gasteiger partial charge in [0.2, 0.25) is 0 Å². The molecule has 2 aromatic carbocycles. The highest BCUT2D eigenvalue weighted by atomic mass is 14.9. The van der Waals surface area contributed by atoms with Crippen LogP contribution in [0.3, 0.4) is 0 Å². The first-order chi connectivity index (χ1) is 8.16. The summed E-state index contributed by atoms with van der Waals surface area (Å²) in [7, 11) is 0. The Morgan fingerprint density at radius 3 is 2.24 bits per heavy atom. The molecule has 4 nitrogen and oxygen atoms in total. The molecule has 4 heteroatoms. The van der Waals surface area contributed by atoms with E-state index in [0.29, 0.717) is 17.2 Å². The molecule has 0 amide bonds. The highest BCUT2D eigenvalue weighted by molar-refractivity contribution is 6.00. The second-order valence-corrected chi connectivity index (χ2v) is 3.68. The molecule has 0 saturated carbocycles. The van der Waals surface area contributed by atoms with Crippen molar-refractivity contribution >= 4 is 22.9 Å². The second-order valence-electron chi connectivity index (χ2n) is 3.68. The Kier molecular flexibility index (Phi) is 2.96. The van der Waals surface area contributed by atoms with Gasteiger partial charge in [-0.25, -0.2) is 4.99 Å². The van der Waals surface area contributed by atoms with E-state index in [9.17, 15) is 0 Å². The van der Waals surface area contributed by atoms with E-state index in [-0.39, 0.29) is 0 Å². The van der Waals surface area contributed by atoms with Gasteiger partial charge in [0, 0.05) is 5.56 Å². The van der Waals surface area contributed by atoms with Gasteiger partial charge < -0.3 is 17.2 Å². The standard InChI is InChI=1S/C13H14N4/c14-11-7-6-9(8-12(11)15)13(16)17-10-4-2-1-3-5-10/h1-8H,14-15H2,(H2,16,17). The van der Waals surface area contributed by atoms with Crippen molar-refractivity contribution in [2.45, 2.75) is 0 Å². The van der Waals surface area contributed by atoms with Crippen molar-refractivity contribution in [3.63, 3.8) is 0 Å². The molecule has 0 radical (unpaired) electrons. The van der Waals surface area contributed by atoms with Crippen molar-refractivity contribution in [1.29, 1.82) is 0 Å². The molecule has 0 aromatic heterocycles. The van der Waals surface area contributed by atoms with E-state index in [4.69, 9.17) is 17.2 Å². The molecule has 2 aromatic rings. The summed E-state index contributed by atoms with van der Waals surface area (Å²) in [6.45, 7) is 0. The fraction of sp³-hybridized carbons (Fsp3) is 0. The largest absolute Gasteiger partial charge is 0.397 e. The zero-order chi connectivity index (χ0) is 12.3. The van der Waals surface area contributed by atoms with Crippen LogP contribution >= 0.6 is 0 Å². The maximum absolute atomic E-state index is 5.90. The van der Waals surface area contributed by atoms with Crippen LogP contribution in [0.1, 0.15) is 5.56 Å². The minimum Gasteiger partial charge on any atom is -0.397 e. The summed E-state index contributed by atoms with van der Waals surface area (Å²) in [5, 5.41) is 0. The minimum atomic E-state index is 0.419. The van der Waals surface area contributed by atoms with Crippen molar-refractivity contribution in [3.8, 4) is 0 Å². The number of nitrogen functional groups attached to an aromatic ring is 2. The fourth-order valence-electron chi connectivity index (χ4n) is 1.44. The lowest BCUT2D eigenvalue weighted by atomic mass is 10.1. The van der Waals surface area contributed by atoms with Gasteiger partial charge in [-0.1, -0.05) is 18.2 Å². The van der Waals surface area contributed by atoms with Crippen LogP contribution < -0.4 is 17.2 Å². The lowest BCUT2D eigenvalue weighted by Crippen LogP contribution is -2.13. The van der Waals surface area contributed by atoms with E-state index in [1.807, 2.05) is 30.3 Å².